The fourth-order valence-electron chi connectivity index (χ4n) is 3.51. The maximum atomic E-state index is 12.3. The summed E-state index contributed by atoms with van der Waals surface area (Å²) in [4.78, 5) is 13.8. The molecular weight excluding hydrogens is 359 g/mol. The average molecular weight is 384 g/mol. The monoisotopic (exact) mass is 384 g/mol. The maximum Gasteiger partial charge on any atom is 0.494 e. The van der Waals surface area contributed by atoms with Crippen molar-refractivity contribution < 1.29 is 23.7 Å². The van der Waals surface area contributed by atoms with Crippen molar-refractivity contribution in [2.45, 2.75) is 50.9 Å². The lowest BCUT2D eigenvalue weighted by Crippen LogP contribution is -2.41. The van der Waals surface area contributed by atoms with E-state index < -0.39 is 23.9 Å². The smallest absolute Gasteiger partial charge is 0.399 e. The third-order valence-electron chi connectivity index (χ3n) is 6.14. The number of nitrogens with zero attached hydrogens (tertiary/aromatic N) is 2. The molecule has 0 bridgehead atoms. The Hall–Kier alpha value is -2.16. The largest absolute Gasteiger partial charge is 0.494 e. The number of amides is 1. The second-order valence-corrected chi connectivity index (χ2v) is 8.63. The van der Waals surface area contributed by atoms with Gasteiger partial charge in [-0.05, 0) is 33.2 Å². The number of hydrogen-bond acceptors (Lipinski definition) is 6. The van der Waals surface area contributed by atoms with Crippen molar-refractivity contribution in [3.63, 3.8) is 0 Å². The normalized spacial score (nSPS) is 26.3. The molecule has 1 aromatic heterocycles. The van der Waals surface area contributed by atoms with Gasteiger partial charge in [-0.1, -0.05) is 29.4 Å². The molecule has 1 amide bonds. The highest BCUT2D eigenvalue weighted by Gasteiger charge is 2.52. The summed E-state index contributed by atoms with van der Waals surface area (Å²) in [5.41, 5.74) is -0.284. The SMILES string of the molecule is CN1CC[C@](O)(c2cc(-c3cccc(B4OC(C)(C)C(C)(C)O4)c3)no2)C1=O. The highest BCUT2D eigenvalue weighted by atomic mass is 16.7. The Balaban J connectivity index is 1.62. The topological polar surface area (TPSA) is 85.0 Å². The van der Waals surface area contributed by atoms with Crippen LogP contribution in [0.4, 0.5) is 0 Å². The van der Waals surface area contributed by atoms with Gasteiger partial charge in [-0.15, -0.1) is 0 Å². The number of benzene rings is 1. The van der Waals surface area contributed by atoms with E-state index in [4.69, 9.17) is 13.8 Å². The molecule has 3 heterocycles. The predicted octanol–water partition coefficient (Wildman–Crippen LogP) is 1.69. The summed E-state index contributed by atoms with van der Waals surface area (Å²) in [6.45, 7) is 8.52. The molecule has 1 aromatic carbocycles. The third kappa shape index (κ3) is 2.87. The molecule has 2 aromatic rings. The van der Waals surface area contributed by atoms with E-state index in [9.17, 15) is 9.90 Å². The minimum absolute atomic E-state index is 0.165. The molecular formula is C20H25BN2O5. The van der Waals surface area contributed by atoms with Crippen LogP contribution in [0.1, 0.15) is 39.9 Å². The van der Waals surface area contributed by atoms with Crippen LogP contribution < -0.4 is 5.46 Å². The number of carbonyl (C=O) groups is 1. The summed E-state index contributed by atoms with van der Waals surface area (Å²) in [6, 6.07) is 9.28. The number of carbonyl (C=O) groups excluding carboxylic acids is 1. The lowest BCUT2D eigenvalue weighted by Gasteiger charge is -2.32. The Kier molecular flexibility index (Phi) is 4.23. The molecule has 0 unspecified atom stereocenters. The van der Waals surface area contributed by atoms with Crippen molar-refractivity contribution in [2.75, 3.05) is 13.6 Å². The molecule has 4 rings (SSSR count). The van der Waals surface area contributed by atoms with Crippen LogP contribution in [0.2, 0.25) is 0 Å². The lowest BCUT2D eigenvalue weighted by atomic mass is 9.78. The van der Waals surface area contributed by atoms with Gasteiger partial charge in [0.1, 0.15) is 5.69 Å². The zero-order chi connectivity index (χ0) is 20.3. The number of likely N-dealkylation sites (N-methyl/N-ethyl adjacent to an activating group) is 1. The Bertz CT molecular complexity index is 909. The summed E-state index contributed by atoms with van der Waals surface area (Å²) in [6.07, 6.45) is 0.283. The first-order valence-electron chi connectivity index (χ1n) is 9.45. The van der Waals surface area contributed by atoms with Crippen LogP contribution in [0.25, 0.3) is 11.3 Å². The zero-order valence-electron chi connectivity index (χ0n) is 16.9. The first-order chi connectivity index (χ1) is 13.0. The van der Waals surface area contributed by atoms with Crippen molar-refractivity contribution in [2.24, 2.45) is 0 Å². The predicted molar refractivity (Wildman–Crippen MR) is 104 cm³/mol. The molecule has 7 nitrogen and oxygen atoms in total. The highest BCUT2D eigenvalue weighted by Crippen LogP contribution is 2.37. The van der Waals surface area contributed by atoms with E-state index in [1.165, 1.54) is 4.90 Å². The van der Waals surface area contributed by atoms with Crippen molar-refractivity contribution in [3.05, 3.63) is 36.1 Å². The number of aromatic nitrogens is 1. The standard InChI is InChI=1S/C20H25BN2O5/c1-18(2)19(3,4)28-21(27-18)14-8-6-7-13(11-14)15-12-16(26-22-15)20(25)9-10-23(5)17(20)24/h6-8,11-12,25H,9-10H2,1-5H3/t20-/m0/s1. The third-order valence-corrected chi connectivity index (χ3v) is 6.14. The average Bonchev–Trinajstić information content (AvgIpc) is 3.29. The van der Waals surface area contributed by atoms with Crippen molar-refractivity contribution in [1.29, 1.82) is 0 Å². The summed E-state index contributed by atoms with van der Waals surface area (Å²) in [7, 11) is 1.18. The van der Waals surface area contributed by atoms with Gasteiger partial charge in [0.15, 0.2) is 5.76 Å². The molecule has 1 atom stereocenters. The van der Waals surface area contributed by atoms with Crippen molar-refractivity contribution in [1.82, 2.24) is 10.1 Å². The molecule has 0 radical (unpaired) electrons. The molecule has 8 heteroatoms. The summed E-state index contributed by atoms with van der Waals surface area (Å²) in [5, 5.41) is 14.8. The second-order valence-electron chi connectivity index (χ2n) is 8.63. The fraction of sp³-hybridized carbons (Fsp3) is 0.500. The first kappa shape index (κ1) is 19.2. The van der Waals surface area contributed by atoms with Crippen LogP contribution >= 0.6 is 0 Å². The molecule has 0 spiro atoms. The van der Waals surface area contributed by atoms with Gasteiger partial charge in [-0.25, -0.2) is 0 Å². The van der Waals surface area contributed by atoms with Crippen LogP contribution in [-0.2, 0) is 19.7 Å². The molecule has 0 saturated carbocycles. The summed E-state index contributed by atoms with van der Waals surface area (Å²) in [5.74, 6) is -0.209. The quantitative estimate of drug-likeness (QED) is 0.811. The molecule has 2 aliphatic heterocycles. The molecule has 28 heavy (non-hydrogen) atoms. The molecule has 2 fully saturated rings. The summed E-state index contributed by atoms with van der Waals surface area (Å²) < 4.78 is 17.6. The number of aliphatic hydroxyl groups is 1. The lowest BCUT2D eigenvalue weighted by molar-refractivity contribution is -0.144. The molecule has 2 aliphatic rings. The van der Waals surface area contributed by atoms with Gasteiger partial charge in [0, 0.05) is 31.6 Å². The molecule has 1 N–H and O–H groups in total. The van der Waals surface area contributed by atoms with Crippen molar-refractivity contribution >= 4 is 18.5 Å². The number of likely N-dealkylation sites (tertiary alicyclic amines) is 1. The minimum atomic E-state index is -1.65. The highest BCUT2D eigenvalue weighted by molar-refractivity contribution is 6.62. The molecule has 148 valence electrons. The van der Waals surface area contributed by atoms with Crippen molar-refractivity contribution in [3.8, 4) is 11.3 Å². The van der Waals surface area contributed by atoms with Gasteiger partial charge < -0.3 is 23.8 Å². The van der Waals surface area contributed by atoms with Crippen LogP contribution in [0.3, 0.4) is 0 Å². The minimum Gasteiger partial charge on any atom is -0.399 e. The van der Waals surface area contributed by atoms with E-state index in [1.54, 1.807) is 13.1 Å². The fourth-order valence-corrected chi connectivity index (χ4v) is 3.51. The Labute approximate surface area is 164 Å². The van der Waals surface area contributed by atoms with Crippen LogP contribution in [0.15, 0.2) is 34.9 Å². The number of hydrogen-bond donors (Lipinski definition) is 1. The van der Waals surface area contributed by atoms with Gasteiger partial charge in [-0.2, -0.15) is 0 Å². The van der Waals surface area contributed by atoms with Gasteiger partial charge >= 0.3 is 7.12 Å². The second kappa shape index (κ2) is 6.17. The van der Waals surface area contributed by atoms with E-state index in [-0.39, 0.29) is 18.1 Å². The van der Waals surface area contributed by atoms with Crippen LogP contribution in [0, 0.1) is 0 Å². The van der Waals surface area contributed by atoms with E-state index in [2.05, 4.69) is 5.16 Å². The Morgan fingerprint density at radius 1 is 1.14 bits per heavy atom. The van der Waals surface area contributed by atoms with Gasteiger partial charge in [0.05, 0.1) is 11.2 Å². The maximum absolute atomic E-state index is 12.3. The van der Waals surface area contributed by atoms with E-state index in [0.717, 1.165) is 11.0 Å². The molecule has 0 aliphatic carbocycles. The Morgan fingerprint density at radius 3 is 2.43 bits per heavy atom. The van der Waals surface area contributed by atoms with E-state index in [0.29, 0.717) is 12.2 Å². The Morgan fingerprint density at radius 2 is 1.82 bits per heavy atom. The van der Waals surface area contributed by atoms with E-state index >= 15 is 0 Å². The van der Waals surface area contributed by atoms with Gasteiger partial charge in [0.2, 0.25) is 5.60 Å². The van der Waals surface area contributed by atoms with Crippen LogP contribution in [-0.4, -0.2) is 53.0 Å². The van der Waals surface area contributed by atoms with E-state index in [1.807, 2.05) is 52.0 Å². The van der Waals surface area contributed by atoms with Gasteiger partial charge in [0.25, 0.3) is 5.91 Å². The van der Waals surface area contributed by atoms with Gasteiger partial charge in [-0.3, -0.25) is 4.79 Å². The number of rotatable bonds is 3. The summed E-state index contributed by atoms with van der Waals surface area (Å²) >= 11 is 0. The van der Waals surface area contributed by atoms with Crippen LogP contribution in [0.5, 0.6) is 0 Å². The molecule has 2 saturated heterocycles. The first-order valence-corrected chi connectivity index (χ1v) is 9.45. The zero-order valence-corrected chi connectivity index (χ0v) is 16.9.